The van der Waals surface area contributed by atoms with Crippen LogP contribution < -0.4 is 0 Å². The minimum Gasteiger partial charge on any atom is -0.300 e. The van der Waals surface area contributed by atoms with Crippen LogP contribution in [0.1, 0.15) is 58.3 Å². The second-order valence-electron chi connectivity index (χ2n) is 4.59. The molecule has 1 fully saturated rings. The molecule has 1 saturated heterocycles. The van der Waals surface area contributed by atoms with E-state index in [1.807, 2.05) is 0 Å². The van der Waals surface area contributed by atoms with Crippen LogP contribution in [0.15, 0.2) is 0 Å². The summed E-state index contributed by atoms with van der Waals surface area (Å²) < 4.78 is 0. The molecule has 2 heteroatoms. The van der Waals surface area contributed by atoms with Gasteiger partial charge in [-0.25, -0.2) is 0 Å². The Balaban J connectivity index is 2.20. The fraction of sp³-hybridized carbons (Fsp3) is 0.923. The van der Waals surface area contributed by atoms with Crippen molar-refractivity contribution in [1.82, 2.24) is 4.90 Å². The smallest absolute Gasteiger partial charge is 0.0621 e. The van der Waals surface area contributed by atoms with E-state index in [-0.39, 0.29) is 0 Å². The van der Waals surface area contributed by atoms with Gasteiger partial charge in [-0.15, -0.1) is 0 Å². The highest BCUT2D eigenvalue weighted by molar-refractivity contribution is 4.77. The fourth-order valence-corrected chi connectivity index (χ4v) is 2.53. The lowest BCUT2D eigenvalue weighted by Crippen LogP contribution is -2.39. The van der Waals surface area contributed by atoms with Gasteiger partial charge in [-0.1, -0.05) is 19.8 Å². The number of nitriles is 1. The summed E-state index contributed by atoms with van der Waals surface area (Å²) in [5, 5.41) is 8.48. The summed E-state index contributed by atoms with van der Waals surface area (Å²) in [6.45, 7) is 4.78. The van der Waals surface area contributed by atoms with Gasteiger partial charge in [0.1, 0.15) is 0 Å². The Morgan fingerprint density at radius 2 is 2.20 bits per heavy atom. The quantitative estimate of drug-likeness (QED) is 0.626. The van der Waals surface area contributed by atoms with Crippen LogP contribution in [0.4, 0.5) is 0 Å². The maximum atomic E-state index is 8.48. The van der Waals surface area contributed by atoms with Crippen LogP contribution in [-0.4, -0.2) is 24.0 Å². The van der Waals surface area contributed by atoms with E-state index in [0.29, 0.717) is 0 Å². The molecule has 2 nitrogen and oxygen atoms in total. The van der Waals surface area contributed by atoms with E-state index in [4.69, 9.17) is 5.26 Å². The molecule has 0 amide bonds. The molecule has 86 valence electrons. The van der Waals surface area contributed by atoms with Gasteiger partial charge in [0, 0.05) is 12.5 Å². The molecule has 1 aliphatic rings. The zero-order chi connectivity index (χ0) is 10.9. The Morgan fingerprint density at radius 3 is 2.93 bits per heavy atom. The van der Waals surface area contributed by atoms with Crippen LogP contribution in [0.25, 0.3) is 0 Å². The van der Waals surface area contributed by atoms with Crippen LogP contribution in [0.2, 0.25) is 0 Å². The largest absolute Gasteiger partial charge is 0.300 e. The molecular weight excluding hydrogens is 184 g/mol. The van der Waals surface area contributed by atoms with Crippen LogP contribution in [0, 0.1) is 11.3 Å². The summed E-state index contributed by atoms with van der Waals surface area (Å²) in [6.07, 6.45) is 9.85. The second kappa shape index (κ2) is 7.70. The van der Waals surface area contributed by atoms with Crippen LogP contribution >= 0.6 is 0 Å². The lowest BCUT2D eigenvalue weighted by Gasteiger charge is -2.35. The molecule has 1 atom stereocenters. The van der Waals surface area contributed by atoms with Gasteiger partial charge in [-0.2, -0.15) is 5.26 Å². The zero-order valence-corrected chi connectivity index (χ0v) is 10.0. The molecule has 1 heterocycles. The molecule has 0 aliphatic carbocycles. The highest BCUT2D eigenvalue weighted by atomic mass is 15.2. The third kappa shape index (κ3) is 4.66. The van der Waals surface area contributed by atoms with Crippen LogP contribution in [0.5, 0.6) is 0 Å². The monoisotopic (exact) mass is 208 g/mol. The number of nitrogens with zero attached hydrogens (tertiary/aromatic N) is 2. The molecule has 1 rings (SSSR count). The van der Waals surface area contributed by atoms with Gasteiger partial charge in [0.05, 0.1) is 6.07 Å². The van der Waals surface area contributed by atoms with E-state index in [0.717, 1.165) is 18.9 Å². The van der Waals surface area contributed by atoms with E-state index in [2.05, 4.69) is 17.9 Å². The Labute approximate surface area is 94.3 Å². The van der Waals surface area contributed by atoms with Gasteiger partial charge < -0.3 is 4.90 Å². The second-order valence-corrected chi connectivity index (χ2v) is 4.59. The van der Waals surface area contributed by atoms with Gasteiger partial charge in [0.15, 0.2) is 0 Å². The predicted molar refractivity (Wildman–Crippen MR) is 63.6 cm³/mol. The lowest BCUT2D eigenvalue weighted by molar-refractivity contribution is 0.137. The summed E-state index contributed by atoms with van der Waals surface area (Å²) in [7, 11) is 0. The molecular formula is C13H24N2. The van der Waals surface area contributed by atoms with Crippen molar-refractivity contribution in [2.24, 2.45) is 0 Å². The Hall–Kier alpha value is -0.550. The third-order valence-corrected chi connectivity index (χ3v) is 3.35. The normalized spacial score (nSPS) is 22.5. The summed E-state index contributed by atoms with van der Waals surface area (Å²) in [5.74, 6) is 0. The molecule has 0 aromatic carbocycles. The maximum Gasteiger partial charge on any atom is 0.0621 e. The van der Waals surface area contributed by atoms with E-state index in [1.54, 1.807) is 0 Å². The van der Waals surface area contributed by atoms with Gasteiger partial charge in [0.25, 0.3) is 0 Å². The first kappa shape index (κ1) is 12.5. The molecule has 0 N–H and O–H groups in total. The van der Waals surface area contributed by atoms with Crippen LogP contribution in [0.3, 0.4) is 0 Å². The minimum atomic E-state index is 0.728. The molecule has 0 aromatic rings. The van der Waals surface area contributed by atoms with Gasteiger partial charge >= 0.3 is 0 Å². The fourth-order valence-electron chi connectivity index (χ4n) is 2.53. The standard InChI is InChI=1S/C13H24N2/c1-2-8-13-9-4-7-12-15(13)11-6-3-5-10-14/h13H,2-9,11-12H2,1H3. The lowest BCUT2D eigenvalue weighted by atomic mass is 9.98. The Morgan fingerprint density at radius 1 is 1.33 bits per heavy atom. The molecule has 0 bridgehead atoms. The van der Waals surface area contributed by atoms with Crippen molar-refractivity contribution < 1.29 is 0 Å². The molecule has 1 aliphatic heterocycles. The molecule has 0 aromatic heterocycles. The van der Waals surface area contributed by atoms with Crippen molar-refractivity contribution in [3.63, 3.8) is 0 Å². The summed E-state index contributed by atoms with van der Waals surface area (Å²) in [5.41, 5.74) is 0. The van der Waals surface area contributed by atoms with Gasteiger partial charge in [0.2, 0.25) is 0 Å². The first-order valence-corrected chi connectivity index (χ1v) is 6.49. The Bertz CT molecular complexity index is 193. The molecule has 0 spiro atoms. The van der Waals surface area contributed by atoms with Crippen molar-refractivity contribution in [2.75, 3.05) is 13.1 Å². The van der Waals surface area contributed by atoms with Crippen molar-refractivity contribution in [3.05, 3.63) is 0 Å². The number of hydrogen-bond acceptors (Lipinski definition) is 2. The highest BCUT2D eigenvalue weighted by Crippen LogP contribution is 2.21. The molecule has 1 unspecified atom stereocenters. The topological polar surface area (TPSA) is 27.0 Å². The SMILES string of the molecule is CCCC1CCCCN1CCCCC#N. The Kier molecular flexibility index (Phi) is 6.43. The molecule has 15 heavy (non-hydrogen) atoms. The van der Waals surface area contributed by atoms with Crippen molar-refractivity contribution in [2.45, 2.75) is 64.3 Å². The average Bonchev–Trinajstić information content (AvgIpc) is 2.27. The zero-order valence-electron chi connectivity index (χ0n) is 10.0. The van der Waals surface area contributed by atoms with E-state index in [9.17, 15) is 0 Å². The summed E-state index contributed by atoms with van der Waals surface area (Å²) in [4.78, 5) is 2.66. The van der Waals surface area contributed by atoms with E-state index < -0.39 is 0 Å². The number of piperidine rings is 1. The van der Waals surface area contributed by atoms with Crippen LogP contribution in [-0.2, 0) is 0 Å². The third-order valence-electron chi connectivity index (χ3n) is 3.35. The van der Waals surface area contributed by atoms with Gasteiger partial charge in [-0.3, -0.25) is 0 Å². The predicted octanol–water partition coefficient (Wildman–Crippen LogP) is 3.33. The van der Waals surface area contributed by atoms with Gasteiger partial charge in [-0.05, 0) is 45.2 Å². The highest BCUT2D eigenvalue weighted by Gasteiger charge is 2.20. The summed E-state index contributed by atoms with van der Waals surface area (Å²) in [6, 6.07) is 3.06. The van der Waals surface area contributed by atoms with Crippen molar-refractivity contribution in [3.8, 4) is 6.07 Å². The molecule has 0 radical (unpaired) electrons. The minimum absolute atomic E-state index is 0.728. The number of unbranched alkanes of at least 4 members (excludes halogenated alkanes) is 2. The number of rotatable bonds is 6. The van der Waals surface area contributed by atoms with E-state index >= 15 is 0 Å². The number of likely N-dealkylation sites (tertiary alicyclic amines) is 1. The average molecular weight is 208 g/mol. The summed E-state index contributed by atoms with van der Waals surface area (Å²) >= 11 is 0. The first-order chi connectivity index (χ1) is 7.38. The first-order valence-electron chi connectivity index (χ1n) is 6.49. The van der Waals surface area contributed by atoms with Crippen molar-refractivity contribution in [1.29, 1.82) is 5.26 Å². The van der Waals surface area contributed by atoms with E-state index in [1.165, 1.54) is 51.6 Å². The maximum absolute atomic E-state index is 8.48. The van der Waals surface area contributed by atoms with Crippen molar-refractivity contribution >= 4 is 0 Å². The molecule has 0 saturated carbocycles. The number of hydrogen-bond donors (Lipinski definition) is 0.